The molecule has 0 bridgehead atoms. The van der Waals surface area contributed by atoms with E-state index in [0.29, 0.717) is 30.7 Å². The maximum absolute atomic E-state index is 10.7. The van der Waals surface area contributed by atoms with E-state index in [4.69, 9.17) is 30.9 Å². The van der Waals surface area contributed by atoms with Crippen LogP contribution in [-0.4, -0.2) is 35.5 Å². The van der Waals surface area contributed by atoms with Gasteiger partial charge in [-0.3, -0.25) is 9.59 Å². The molecule has 7 heteroatoms. The van der Waals surface area contributed by atoms with Crippen LogP contribution in [0.15, 0.2) is 72.8 Å². The van der Waals surface area contributed by atoms with Gasteiger partial charge in [-0.1, -0.05) is 75.4 Å². The third-order valence-electron chi connectivity index (χ3n) is 5.98. The molecular weight excluding hydrogens is 516 g/mol. The first-order valence-corrected chi connectivity index (χ1v) is 13.8. The molecule has 0 fully saturated rings. The summed E-state index contributed by atoms with van der Waals surface area (Å²) in [6.07, 6.45) is 7.61. The van der Waals surface area contributed by atoms with E-state index in [2.05, 4.69) is 43.3 Å². The molecule has 3 aromatic rings. The molecule has 0 amide bonds. The fraction of sp³-hybridized carbons (Fsp3) is 0.265. The lowest BCUT2D eigenvalue weighted by molar-refractivity contribution is -0.137. The molecule has 0 aromatic heterocycles. The van der Waals surface area contributed by atoms with Crippen molar-refractivity contribution in [2.45, 2.75) is 53.4 Å². The Balaban J connectivity index is 0.00000157. The van der Waals surface area contributed by atoms with Gasteiger partial charge in [-0.2, -0.15) is 0 Å². The van der Waals surface area contributed by atoms with Crippen molar-refractivity contribution in [2.75, 3.05) is 12.3 Å². The van der Waals surface area contributed by atoms with Crippen LogP contribution in [0.25, 0.3) is 17.2 Å². The maximum Gasteiger partial charge on any atom is 0.303 e. The van der Waals surface area contributed by atoms with Crippen molar-refractivity contribution in [3.8, 4) is 5.75 Å². The first-order valence-electron chi connectivity index (χ1n) is 13.8. The van der Waals surface area contributed by atoms with Crippen LogP contribution in [-0.2, 0) is 9.59 Å². The molecule has 0 aliphatic rings. The molecule has 3 rings (SSSR count). The third-order valence-corrected chi connectivity index (χ3v) is 5.98. The van der Waals surface area contributed by atoms with E-state index in [9.17, 15) is 4.79 Å². The lowest BCUT2D eigenvalue weighted by Gasteiger charge is -2.18. The number of anilines is 1. The lowest BCUT2D eigenvalue weighted by Crippen LogP contribution is -2.01. The normalized spacial score (nSPS) is 10.8. The van der Waals surface area contributed by atoms with Crippen molar-refractivity contribution < 1.29 is 24.5 Å². The van der Waals surface area contributed by atoms with Crippen LogP contribution in [0.5, 0.6) is 5.75 Å². The zero-order valence-corrected chi connectivity index (χ0v) is 24.4. The number of carboxylic acid groups (broad SMARTS) is 2. The number of allylic oxidation sites excluding steroid dienone is 2. The van der Waals surface area contributed by atoms with Crippen molar-refractivity contribution in [3.05, 3.63) is 101 Å². The average molecular weight is 559 g/mol. The van der Waals surface area contributed by atoms with Crippen LogP contribution in [0.3, 0.4) is 0 Å². The van der Waals surface area contributed by atoms with Crippen LogP contribution in [0.2, 0.25) is 0 Å². The Morgan fingerprint density at radius 2 is 1.63 bits per heavy atom. The van der Waals surface area contributed by atoms with Gasteiger partial charge in [0.25, 0.3) is 6.47 Å². The van der Waals surface area contributed by atoms with Crippen LogP contribution in [0.1, 0.15) is 81.2 Å². The summed E-state index contributed by atoms with van der Waals surface area (Å²) in [5, 5.41) is 23.5. The van der Waals surface area contributed by atoms with Gasteiger partial charge < -0.3 is 26.1 Å². The van der Waals surface area contributed by atoms with Gasteiger partial charge in [-0.25, -0.2) is 0 Å². The zero-order valence-electron chi connectivity index (χ0n) is 24.4. The summed E-state index contributed by atoms with van der Waals surface area (Å²) in [5.74, 6) is -0.0242. The van der Waals surface area contributed by atoms with E-state index >= 15 is 0 Å². The summed E-state index contributed by atoms with van der Waals surface area (Å²) in [6.45, 7) is 8.36. The molecule has 0 heterocycles. The number of aliphatic carboxylic acids is 1. The Bertz CT molecular complexity index is 1310. The summed E-state index contributed by atoms with van der Waals surface area (Å²) < 4.78 is 5.94. The topological polar surface area (TPSA) is 134 Å². The number of rotatable bonds is 12. The van der Waals surface area contributed by atoms with Crippen LogP contribution in [0.4, 0.5) is 5.69 Å². The molecule has 3 aromatic carbocycles. The van der Waals surface area contributed by atoms with Gasteiger partial charge in [0, 0.05) is 23.9 Å². The third kappa shape index (κ3) is 11.2. The quantitative estimate of drug-likeness (QED) is 0.0584. The maximum atomic E-state index is 10.7. The first-order chi connectivity index (χ1) is 19.9. The monoisotopic (exact) mass is 558 g/mol. The van der Waals surface area contributed by atoms with E-state index < -0.39 is 5.97 Å². The number of carboxylic acids is 1. The molecule has 0 saturated carbocycles. The van der Waals surface area contributed by atoms with Crippen LogP contribution >= 0.6 is 0 Å². The molecule has 0 atom stereocenters. The van der Waals surface area contributed by atoms with E-state index in [0.717, 1.165) is 45.6 Å². The molecule has 41 heavy (non-hydrogen) atoms. The van der Waals surface area contributed by atoms with Gasteiger partial charge in [0.15, 0.2) is 0 Å². The molecule has 0 unspecified atom stereocenters. The van der Waals surface area contributed by atoms with Crippen molar-refractivity contribution in [1.29, 1.82) is 5.41 Å². The Morgan fingerprint density at radius 3 is 2.22 bits per heavy atom. The molecule has 0 aliphatic heterocycles. The Morgan fingerprint density at radius 1 is 0.976 bits per heavy atom. The van der Waals surface area contributed by atoms with E-state index in [-0.39, 0.29) is 12.9 Å². The SMILES string of the molecule is C/C=C/c1ccc(/C(=C(/CC)c2cccc(OCCCCC(=O)O)c2)c2ccc(N)c(C=N)c2)cc1.CC.O=CO. The lowest BCUT2D eigenvalue weighted by atomic mass is 9.87. The largest absolute Gasteiger partial charge is 0.494 e. The van der Waals surface area contributed by atoms with Crippen molar-refractivity contribution in [2.24, 2.45) is 0 Å². The van der Waals surface area contributed by atoms with Crippen molar-refractivity contribution >= 4 is 41.6 Å². The predicted molar refractivity (Wildman–Crippen MR) is 170 cm³/mol. The van der Waals surface area contributed by atoms with Gasteiger partial charge in [0.1, 0.15) is 5.75 Å². The van der Waals surface area contributed by atoms with Gasteiger partial charge in [-0.15, -0.1) is 0 Å². The predicted octanol–water partition coefficient (Wildman–Crippen LogP) is 8.03. The van der Waals surface area contributed by atoms with Gasteiger partial charge >= 0.3 is 5.97 Å². The second kappa shape index (κ2) is 19.4. The standard InChI is InChI=1S/C31H34N2O3.C2H6.CH2O2/c1-3-8-22-12-14-23(15-13-22)31(25-16-17-29(33)26(19-25)21-32)28(4-2)24-9-7-10-27(20-24)36-18-6-5-11-30(34)35;1-2;2-1-3/h3,7-10,12-17,19-21,32H,4-6,11,18,33H2,1-2H3,(H,34,35);1-2H3;1H,(H,2,3)/b8-3+,31-28+,32-21?;;. The van der Waals surface area contributed by atoms with Gasteiger partial charge in [0.2, 0.25) is 0 Å². The fourth-order valence-electron chi connectivity index (χ4n) is 4.19. The highest BCUT2D eigenvalue weighted by molar-refractivity contribution is 6.00. The van der Waals surface area contributed by atoms with Gasteiger partial charge in [0.05, 0.1) is 6.61 Å². The summed E-state index contributed by atoms with van der Waals surface area (Å²) in [4.78, 5) is 19.1. The number of ether oxygens (including phenoxy) is 1. The average Bonchev–Trinajstić information content (AvgIpc) is 2.98. The second-order valence-electron chi connectivity index (χ2n) is 8.65. The summed E-state index contributed by atoms with van der Waals surface area (Å²) >= 11 is 0. The molecule has 0 spiro atoms. The number of nitrogens with two attached hydrogens (primary N) is 1. The molecule has 5 N–H and O–H groups in total. The van der Waals surface area contributed by atoms with Gasteiger partial charge in [-0.05, 0) is 83.9 Å². The van der Waals surface area contributed by atoms with Crippen LogP contribution < -0.4 is 10.5 Å². The summed E-state index contributed by atoms with van der Waals surface area (Å²) in [7, 11) is 0. The zero-order chi connectivity index (χ0) is 30.6. The highest BCUT2D eigenvalue weighted by Crippen LogP contribution is 2.36. The smallest absolute Gasteiger partial charge is 0.303 e. The minimum atomic E-state index is -0.783. The number of carbonyl (C=O) groups is 2. The molecule has 0 saturated heterocycles. The molecular formula is C34H42N2O5. The molecule has 218 valence electrons. The fourth-order valence-corrected chi connectivity index (χ4v) is 4.19. The van der Waals surface area contributed by atoms with E-state index in [1.165, 1.54) is 6.21 Å². The molecule has 0 aliphatic carbocycles. The Labute approximate surface area is 243 Å². The molecule has 0 radical (unpaired) electrons. The Kier molecular flexibility index (Phi) is 16.3. The number of nitrogen functional groups attached to an aromatic ring is 1. The minimum absolute atomic E-state index is 0.154. The minimum Gasteiger partial charge on any atom is -0.494 e. The van der Waals surface area contributed by atoms with Crippen molar-refractivity contribution in [1.82, 2.24) is 0 Å². The number of nitrogens with one attached hydrogen (secondary N) is 1. The van der Waals surface area contributed by atoms with E-state index in [1.807, 2.05) is 63.2 Å². The number of unbranched alkanes of at least 4 members (excludes halogenated alkanes) is 1. The van der Waals surface area contributed by atoms with Crippen molar-refractivity contribution in [3.63, 3.8) is 0 Å². The highest BCUT2D eigenvalue weighted by Gasteiger charge is 2.15. The number of hydrogen-bond donors (Lipinski definition) is 4. The molecule has 7 nitrogen and oxygen atoms in total. The number of benzene rings is 3. The summed E-state index contributed by atoms with van der Waals surface area (Å²) in [6, 6.07) is 22.3. The van der Waals surface area contributed by atoms with E-state index in [1.54, 1.807) is 0 Å². The summed E-state index contributed by atoms with van der Waals surface area (Å²) in [5.41, 5.74) is 13.9. The second-order valence-corrected chi connectivity index (χ2v) is 8.65. The van der Waals surface area contributed by atoms with Crippen LogP contribution in [0, 0.1) is 5.41 Å². The highest BCUT2D eigenvalue weighted by atomic mass is 16.5. The number of hydrogen-bond acceptors (Lipinski definition) is 5. The first kappa shape index (κ1) is 34.4. The Hall–Kier alpha value is -4.65.